The van der Waals surface area contributed by atoms with Crippen LogP contribution in [0.1, 0.15) is 103 Å². The van der Waals surface area contributed by atoms with Gasteiger partial charge in [0, 0.05) is 31.5 Å². The fourth-order valence-corrected chi connectivity index (χ4v) is 8.96. The quantitative estimate of drug-likeness (QED) is 0.316. The average Bonchev–Trinajstić information content (AvgIpc) is 3.49. The number of hydrogen-bond acceptors (Lipinski definition) is 9. The van der Waals surface area contributed by atoms with Crippen LogP contribution < -0.4 is 20.1 Å². The fraction of sp³-hybridized carbons (Fsp3) is 0.649. The number of hydrogen-bond donors (Lipinski definition) is 4. The number of carbonyl (C=O) groups is 5. The van der Waals surface area contributed by atoms with Crippen LogP contribution in [0.5, 0.6) is 0 Å². The average molecular weight is 757 g/mol. The Labute approximate surface area is 311 Å². The van der Waals surface area contributed by atoms with E-state index in [1.807, 2.05) is 36.4 Å². The Morgan fingerprint density at radius 2 is 1.64 bits per heavy atom. The molecule has 0 bridgehead atoms. The molecule has 2 aliphatic carbocycles. The maximum absolute atomic E-state index is 14.4. The molecule has 0 radical (unpaired) electrons. The number of benzene rings is 1. The Bertz CT molecular complexity index is 1700. The minimum Gasteiger partial charge on any atom is -0.444 e. The van der Waals surface area contributed by atoms with Gasteiger partial charge in [0.05, 0.1) is 6.54 Å². The van der Waals surface area contributed by atoms with E-state index in [1.54, 1.807) is 25.7 Å². The highest BCUT2D eigenvalue weighted by Crippen LogP contribution is 2.46. The van der Waals surface area contributed by atoms with Gasteiger partial charge in [-0.3, -0.25) is 19.3 Å². The van der Waals surface area contributed by atoms with Crippen molar-refractivity contribution in [1.29, 1.82) is 0 Å². The third-order valence-corrected chi connectivity index (χ3v) is 11.7. The molecule has 5 amide bonds. The summed E-state index contributed by atoms with van der Waals surface area (Å²) in [5.74, 6) is -2.59. The van der Waals surface area contributed by atoms with Gasteiger partial charge in [0.1, 0.15) is 29.3 Å². The van der Waals surface area contributed by atoms with Crippen molar-refractivity contribution in [3.8, 4) is 0 Å². The summed E-state index contributed by atoms with van der Waals surface area (Å²) >= 11 is 0. The van der Waals surface area contributed by atoms with E-state index in [-0.39, 0.29) is 31.8 Å². The molecule has 2 saturated carbocycles. The Balaban J connectivity index is 1.24. The van der Waals surface area contributed by atoms with E-state index in [0.29, 0.717) is 38.8 Å². The molecule has 1 saturated heterocycles. The Morgan fingerprint density at radius 3 is 2.32 bits per heavy atom. The van der Waals surface area contributed by atoms with Gasteiger partial charge in [-0.05, 0) is 70.4 Å². The lowest BCUT2D eigenvalue weighted by atomic mass is 10.0. The summed E-state index contributed by atoms with van der Waals surface area (Å²) in [6.07, 6.45) is 7.80. The maximum Gasteiger partial charge on any atom is 0.410 e. The number of alkyl carbamates (subject to hydrolysis) is 1. The lowest BCUT2D eigenvalue weighted by Crippen LogP contribution is -2.59. The highest BCUT2D eigenvalue weighted by molar-refractivity contribution is 7.88. The van der Waals surface area contributed by atoms with E-state index < -0.39 is 75.4 Å². The number of nitrogens with one attached hydrogen (secondary N) is 4. The topological polar surface area (TPSA) is 193 Å². The van der Waals surface area contributed by atoms with Gasteiger partial charge in [-0.2, -0.15) is 13.1 Å². The summed E-state index contributed by atoms with van der Waals surface area (Å²) in [5.41, 5.74) is -0.381. The monoisotopic (exact) mass is 756 g/mol. The number of ether oxygens (including phenoxy) is 2. The van der Waals surface area contributed by atoms with Gasteiger partial charge in [0.15, 0.2) is 0 Å². The van der Waals surface area contributed by atoms with Crippen molar-refractivity contribution in [1.82, 2.24) is 29.9 Å². The van der Waals surface area contributed by atoms with Crippen molar-refractivity contribution in [2.24, 2.45) is 5.92 Å². The molecule has 290 valence electrons. The number of amides is 5. The molecule has 3 aliphatic heterocycles. The molecule has 5 aliphatic rings. The number of carbonyl (C=O) groups excluding carboxylic acids is 5. The molecule has 1 aromatic carbocycles. The lowest BCUT2D eigenvalue weighted by Gasteiger charge is -2.30. The standard InChI is InChI=1S/C37H52N6O9S/c1-36(2,3)52-34(47)38-29-18-8-6-4-5-7-15-26-20-37(26,33(46)41-53(49,50)40-27-16-11-12-17-27)39-31(44)30-19-28(23-43(30)32(29)45)51-35(48)42-21-24-13-9-10-14-25(24)22-42/h7,9-10,13-15,26-30,40H,4-6,8,11-12,16-23H2,1-3H3,(H,38,47)(H,39,44)(H,41,46)/b15-7-/t26-,28-,29+,30+,37-/m1/s1. The van der Waals surface area contributed by atoms with Crippen molar-refractivity contribution in [2.75, 3.05) is 6.54 Å². The smallest absolute Gasteiger partial charge is 0.410 e. The first kappa shape index (κ1) is 38.5. The zero-order valence-electron chi connectivity index (χ0n) is 30.7. The Morgan fingerprint density at radius 1 is 0.962 bits per heavy atom. The SMILES string of the molecule is CC(C)(C)OC(=O)N[C@H]1CCCCC/C=C\[C@@H]2C[C@@]2(C(=O)NS(=O)(=O)NC2CCCC2)NC(=O)[C@@H]2C[C@@H](OC(=O)N3Cc4ccccc4C3)CN2C1=O. The highest BCUT2D eigenvalue weighted by Gasteiger charge is 2.62. The molecule has 0 unspecified atom stereocenters. The van der Waals surface area contributed by atoms with Gasteiger partial charge >= 0.3 is 22.4 Å². The molecule has 3 fully saturated rings. The van der Waals surface area contributed by atoms with E-state index >= 15 is 0 Å². The van der Waals surface area contributed by atoms with Gasteiger partial charge in [0.25, 0.3) is 5.91 Å². The minimum atomic E-state index is -4.22. The van der Waals surface area contributed by atoms with E-state index in [2.05, 4.69) is 20.1 Å². The second-order valence-corrected chi connectivity index (χ2v) is 17.4. The number of rotatable bonds is 6. The van der Waals surface area contributed by atoms with E-state index in [1.165, 1.54) is 4.90 Å². The third kappa shape index (κ3) is 9.50. The van der Waals surface area contributed by atoms with Crippen LogP contribution in [0.25, 0.3) is 0 Å². The third-order valence-electron chi connectivity index (χ3n) is 10.6. The van der Waals surface area contributed by atoms with E-state index in [4.69, 9.17) is 9.47 Å². The fourth-order valence-electron chi connectivity index (χ4n) is 7.80. The van der Waals surface area contributed by atoms with Gasteiger partial charge in [-0.15, -0.1) is 0 Å². The largest absolute Gasteiger partial charge is 0.444 e. The van der Waals surface area contributed by atoms with Crippen molar-refractivity contribution < 1.29 is 41.9 Å². The summed E-state index contributed by atoms with van der Waals surface area (Å²) in [6, 6.07) is 5.18. The van der Waals surface area contributed by atoms with Crippen LogP contribution in [-0.2, 0) is 47.2 Å². The minimum absolute atomic E-state index is 0.0665. The van der Waals surface area contributed by atoms with Crippen LogP contribution in [0.15, 0.2) is 36.4 Å². The molecule has 3 heterocycles. The number of allylic oxidation sites excluding steroid dienone is 1. The first-order valence-electron chi connectivity index (χ1n) is 18.8. The molecule has 53 heavy (non-hydrogen) atoms. The van der Waals surface area contributed by atoms with Crippen LogP contribution in [0, 0.1) is 5.92 Å². The molecular formula is C37H52N6O9S. The molecule has 1 aromatic rings. The summed E-state index contributed by atoms with van der Waals surface area (Å²) in [4.78, 5) is 71.6. The molecule has 4 N–H and O–H groups in total. The lowest BCUT2D eigenvalue weighted by molar-refractivity contribution is -0.141. The summed E-state index contributed by atoms with van der Waals surface area (Å²) in [6.45, 7) is 5.74. The number of fused-ring (bicyclic) bond motifs is 3. The van der Waals surface area contributed by atoms with Crippen molar-refractivity contribution in [3.05, 3.63) is 47.5 Å². The molecule has 0 aromatic heterocycles. The second kappa shape index (κ2) is 15.7. The molecule has 0 spiro atoms. The zero-order chi connectivity index (χ0) is 38.0. The van der Waals surface area contributed by atoms with Gasteiger partial charge in [-0.25, -0.2) is 14.3 Å². The first-order valence-corrected chi connectivity index (χ1v) is 20.3. The predicted octanol–water partition coefficient (Wildman–Crippen LogP) is 3.29. The summed E-state index contributed by atoms with van der Waals surface area (Å²) in [5, 5.41) is 5.52. The normalized spacial score (nSPS) is 28.7. The van der Waals surface area contributed by atoms with E-state index in [9.17, 15) is 32.4 Å². The van der Waals surface area contributed by atoms with Crippen molar-refractivity contribution in [3.63, 3.8) is 0 Å². The van der Waals surface area contributed by atoms with Crippen LogP contribution in [0.2, 0.25) is 0 Å². The van der Waals surface area contributed by atoms with Crippen LogP contribution in [0.4, 0.5) is 9.59 Å². The van der Waals surface area contributed by atoms with Crippen LogP contribution >= 0.6 is 0 Å². The summed E-state index contributed by atoms with van der Waals surface area (Å²) in [7, 11) is -4.22. The highest BCUT2D eigenvalue weighted by atomic mass is 32.2. The van der Waals surface area contributed by atoms with Crippen molar-refractivity contribution in [2.45, 2.75) is 140 Å². The molecule has 16 heteroatoms. The van der Waals surface area contributed by atoms with Crippen molar-refractivity contribution >= 4 is 40.1 Å². The Hall–Kier alpha value is -4.18. The zero-order valence-corrected chi connectivity index (χ0v) is 31.5. The predicted molar refractivity (Wildman–Crippen MR) is 193 cm³/mol. The van der Waals surface area contributed by atoms with Crippen LogP contribution in [0.3, 0.4) is 0 Å². The van der Waals surface area contributed by atoms with Gasteiger partial charge < -0.3 is 25.0 Å². The van der Waals surface area contributed by atoms with E-state index in [0.717, 1.165) is 36.8 Å². The van der Waals surface area contributed by atoms with Gasteiger partial charge in [0.2, 0.25) is 11.8 Å². The maximum atomic E-state index is 14.4. The number of nitrogens with zero attached hydrogens (tertiary/aromatic N) is 2. The summed E-state index contributed by atoms with van der Waals surface area (Å²) < 4.78 is 42.1. The van der Waals surface area contributed by atoms with Gasteiger partial charge in [-0.1, -0.05) is 62.1 Å². The first-order chi connectivity index (χ1) is 25.1. The molecule has 5 atom stereocenters. The molecular weight excluding hydrogens is 705 g/mol. The Kier molecular flexibility index (Phi) is 11.4. The molecule has 6 rings (SSSR count). The van der Waals surface area contributed by atoms with Crippen LogP contribution in [-0.4, -0.2) is 90.0 Å². The molecule has 15 nitrogen and oxygen atoms in total. The second-order valence-electron chi connectivity index (χ2n) is 15.9.